The molecule has 0 aliphatic carbocycles. The van der Waals surface area contributed by atoms with E-state index in [9.17, 15) is 4.79 Å². The number of para-hydroxylation sites is 1. The number of ether oxygens (including phenoxy) is 1. The van der Waals surface area contributed by atoms with Crippen LogP contribution in [0.25, 0.3) is 0 Å². The van der Waals surface area contributed by atoms with Gasteiger partial charge in [-0.25, -0.2) is 5.43 Å². The summed E-state index contributed by atoms with van der Waals surface area (Å²) >= 11 is 0. The number of halogens is 1. The molecule has 3 rings (SSSR count). The molecule has 2 aliphatic heterocycles. The molecule has 0 radical (unpaired) electrons. The van der Waals surface area contributed by atoms with Gasteiger partial charge in [0, 0.05) is 24.1 Å². The second-order valence-electron chi connectivity index (χ2n) is 7.46. The van der Waals surface area contributed by atoms with Crippen LogP contribution in [0.2, 0.25) is 0 Å². The summed E-state index contributed by atoms with van der Waals surface area (Å²) in [5, 5.41) is 6.66. The zero-order valence-electron chi connectivity index (χ0n) is 15.7. The van der Waals surface area contributed by atoms with Gasteiger partial charge in [0.25, 0.3) is 0 Å². The minimum absolute atomic E-state index is 0. The van der Waals surface area contributed by atoms with Crippen molar-refractivity contribution in [3.63, 3.8) is 0 Å². The Morgan fingerprint density at radius 2 is 2.08 bits per heavy atom. The van der Waals surface area contributed by atoms with Gasteiger partial charge in [-0.3, -0.25) is 10.2 Å². The van der Waals surface area contributed by atoms with E-state index in [4.69, 9.17) is 4.74 Å². The Balaban J connectivity index is 0.00000243. The van der Waals surface area contributed by atoms with Crippen LogP contribution in [0.4, 0.5) is 0 Å². The number of benzene rings is 1. The van der Waals surface area contributed by atoms with Crippen molar-refractivity contribution >= 4 is 18.3 Å². The number of hydrazine groups is 1. The molecule has 1 aromatic rings. The topological polar surface area (TPSA) is 74.4 Å². The Kier molecular flexibility index (Phi) is 7.70. The average Bonchev–Trinajstić information content (AvgIpc) is 3.05. The summed E-state index contributed by atoms with van der Waals surface area (Å²) in [6.45, 7) is 6.21. The van der Waals surface area contributed by atoms with Crippen molar-refractivity contribution in [2.24, 2.45) is 11.8 Å². The lowest BCUT2D eigenvalue weighted by atomic mass is 9.88. The van der Waals surface area contributed by atoms with E-state index in [1.54, 1.807) is 7.11 Å². The number of carbonyl (C=O) groups excluding carboxylic acids is 1. The third kappa shape index (κ3) is 4.68. The molecule has 0 aromatic heterocycles. The number of fused-ring (bicyclic) bond motifs is 1. The first-order valence-corrected chi connectivity index (χ1v) is 9.25. The van der Waals surface area contributed by atoms with E-state index in [-0.39, 0.29) is 36.3 Å². The van der Waals surface area contributed by atoms with E-state index in [0.29, 0.717) is 12.0 Å². The van der Waals surface area contributed by atoms with Gasteiger partial charge in [0.15, 0.2) is 0 Å². The van der Waals surface area contributed by atoms with Crippen LogP contribution in [0.5, 0.6) is 5.75 Å². The molecule has 4 N–H and O–H groups in total. The second kappa shape index (κ2) is 9.55. The average molecular weight is 383 g/mol. The molecule has 1 aromatic carbocycles. The highest BCUT2D eigenvalue weighted by Gasteiger charge is 2.41. The Morgan fingerprint density at radius 3 is 2.81 bits per heavy atom. The van der Waals surface area contributed by atoms with Crippen molar-refractivity contribution in [2.75, 3.05) is 20.2 Å². The first-order chi connectivity index (χ1) is 12.1. The van der Waals surface area contributed by atoms with Gasteiger partial charge in [0.05, 0.1) is 13.2 Å². The summed E-state index contributed by atoms with van der Waals surface area (Å²) in [7, 11) is 1.67. The fourth-order valence-corrected chi connectivity index (χ4v) is 3.93. The SMILES string of the molecule is COc1ccccc1C(CC(C)C)NC(=O)C1NNC2CCNCC21.Cl. The van der Waals surface area contributed by atoms with Crippen molar-refractivity contribution < 1.29 is 9.53 Å². The molecule has 2 aliphatic rings. The largest absolute Gasteiger partial charge is 0.496 e. The van der Waals surface area contributed by atoms with Crippen LogP contribution in [0.3, 0.4) is 0 Å². The minimum Gasteiger partial charge on any atom is -0.496 e. The van der Waals surface area contributed by atoms with Gasteiger partial charge in [-0.05, 0) is 31.4 Å². The molecule has 26 heavy (non-hydrogen) atoms. The molecule has 146 valence electrons. The number of rotatable bonds is 6. The van der Waals surface area contributed by atoms with Gasteiger partial charge in [-0.1, -0.05) is 32.0 Å². The van der Waals surface area contributed by atoms with Gasteiger partial charge in [0.2, 0.25) is 5.91 Å². The Hall–Kier alpha value is -1.34. The predicted molar refractivity (Wildman–Crippen MR) is 105 cm³/mol. The summed E-state index contributed by atoms with van der Waals surface area (Å²) < 4.78 is 5.51. The number of hydrogen-bond acceptors (Lipinski definition) is 5. The third-order valence-corrected chi connectivity index (χ3v) is 5.20. The Bertz CT molecular complexity index is 599. The van der Waals surface area contributed by atoms with E-state index in [1.807, 2.05) is 24.3 Å². The lowest BCUT2D eigenvalue weighted by molar-refractivity contribution is -0.124. The van der Waals surface area contributed by atoms with E-state index >= 15 is 0 Å². The monoisotopic (exact) mass is 382 g/mol. The quantitative estimate of drug-likeness (QED) is 0.603. The maximum atomic E-state index is 13.0. The van der Waals surface area contributed by atoms with Crippen LogP contribution in [-0.4, -0.2) is 38.2 Å². The van der Waals surface area contributed by atoms with Crippen molar-refractivity contribution in [3.05, 3.63) is 29.8 Å². The normalized spacial score (nSPS) is 25.9. The number of methoxy groups -OCH3 is 1. The molecule has 6 nitrogen and oxygen atoms in total. The first-order valence-electron chi connectivity index (χ1n) is 9.25. The summed E-state index contributed by atoms with van der Waals surface area (Å²) in [5.74, 6) is 1.63. The van der Waals surface area contributed by atoms with Crippen LogP contribution >= 0.6 is 12.4 Å². The third-order valence-electron chi connectivity index (χ3n) is 5.20. The van der Waals surface area contributed by atoms with Gasteiger partial charge >= 0.3 is 0 Å². The van der Waals surface area contributed by atoms with Crippen LogP contribution < -0.4 is 26.2 Å². The lowest BCUT2D eigenvalue weighted by Crippen LogP contribution is -2.50. The van der Waals surface area contributed by atoms with Gasteiger partial charge in [-0.2, -0.15) is 0 Å². The molecule has 0 bridgehead atoms. The molecule has 4 atom stereocenters. The van der Waals surface area contributed by atoms with Gasteiger partial charge < -0.3 is 15.4 Å². The lowest BCUT2D eigenvalue weighted by Gasteiger charge is -2.29. The number of hydrogen-bond donors (Lipinski definition) is 4. The second-order valence-corrected chi connectivity index (χ2v) is 7.46. The molecular formula is C19H31ClN4O2. The summed E-state index contributed by atoms with van der Waals surface area (Å²) in [4.78, 5) is 13.0. The smallest absolute Gasteiger partial charge is 0.239 e. The zero-order chi connectivity index (χ0) is 17.8. The Morgan fingerprint density at radius 1 is 1.31 bits per heavy atom. The van der Waals surface area contributed by atoms with Crippen LogP contribution in [0.1, 0.15) is 38.3 Å². The van der Waals surface area contributed by atoms with E-state index < -0.39 is 0 Å². The van der Waals surface area contributed by atoms with Crippen molar-refractivity contribution in [1.29, 1.82) is 0 Å². The number of piperidine rings is 1. The fourth-order valence-electron chi connectivity index (χ4n) is 3.93. The number of carbonyl (C=O) groups is 1. The van der Waals surface area contributed by atoms with E-state index in [2.05, 4.69) is 35.3 Å². The highest BCUT2D eigenvalue weighted by Crippen LogP contribution is 2.30. The summed E-state index contributed by atoms with van der Waals surface area (Å²) in [5.41, 5.74) is 7.53. The van der Waals surface area contributed by atoms with Crippen LogP contribution in [0.15, 0.2) is 24.3 Å². The maximum absolute atomic E-state index is 13.0. The van der Waals surface area contributed by atoms with Crippen molar-refractivity contribution in [3.8, 4) is 5.75 Å². The summed E-state index contributed by atoms with van der Waals surface area (Å²) in [6.07, 6.45) is 1.92. The van der Waals surface area contributed by atoms with Crippen LogP contribution in [0, 0.1) is 11.8 Å². The highest BCUT2D eigenvalue weighted by molar-refractivity contribution is 5.85. The van der Waals surface area contributed by atoms with Crippen molar-refractivity contribution in [2.45, 2.75) is 44.8 Å². The Labute approximate surface area is 162 Å². The predicted octanol–water partition coefficient (Wildman–Crippen LogP) is 1.77. The molecule has 0 saturated carbocycles. The number of amides is 1. The molecule has 7 heteroatoms. The molecule has 2 saturated heterocycles. The van der Waals surface area contributed by atoms with Crippen LogP contribution in [-0.2, 0) is 4.79 Å². The molecule has 2 heterocycles. The first kappa shape index (κ1) is 21.0. The maximum Gasteiger partial charge on any atom is 0.239 e. The minimum atomic E-state index is -0.206. The van der Waals surface area contributed by atoms with E-state index in [1.165, 1.54) is 0 Å². The highest BCUT2D eigenvalue weighted by atomic mass is 35.5. The molecule has 1 amide bonds. The number of nitrogens with one attached hydrogen (secondary N) is 4. The molecule has 0 spiro atoms. The summed E-state index contributed by atoms with van der Waals surface area (Å²) in [6, 6.07) is 8.04. The molecule has 4 unspecified atom stereocenters. The standard InChI is InChI=1S/C19H30N4O2.ClH/c1-12(2)10-16(13-6-4-5-7-17(13)25-3)21-19(24)18-14-11-20-9-8-15(14)22-23-18;/h4-7,12,14-16,18,20,22-23H,8-11H2,1-3H3,(H,21,24);1H. The van der Waals surface area contributed by atoms with Gasteiger partial charge in [0.1, 0.15) is 11.8 Å². The molecular weight excluding hydrogens is 352 g/mol. The zero-order valence-corrected chi connectivity index (χ0v) is 16.6. The van der Waals surface area contributed by atoms with Gasteiger partial charge in [-0.15, -0.1) is 12.4 Å². The van der Waals surface area contributed by atoms with E-state index in [0.717, 1.165) is 37.2 Å². The molecule has 2 fully saturated rings. The van der Waals surface area contributed by atoms with Crippen molar-refractivity contribution in [1.82, 2.24) is 21.5 Å². The fraction of sp³-hybridized carbons (Fsp3) is 0.632.